The van der Waals surface area contributed by atoms with Crippen LogP contribution in [0.4, 0.5) is 0 Å². The molecule has 0 fully saturated rings. The van der Waals surface area contributed by atoms with Crippen LogP contribution >= 0.6 is 23.2 Å². The van der Waals surface area contributed by atoms with Crippen LogP contribution < -0.4 is 4.74 Å². The third-order valence-electron chi connectivity index (χ3n) is 3.27. The zero-order valence-electron chi connectivity index (χ0n) is 11.8. The summed E-state index contributed by atoms with van der Waals surface area (Å²) in [6, 6.07) is 12.2. The molecule has 0 radical (unpaired) electrons. The monoisotopic (exact) mass is 333 g/mol. The summed E-state index contributed by atoms with van der Waals surface area (Å²) in [4.78, 5) is 0. The first-order valence-corrected chi connectivity index (χ1v) is 7.40. The zero-order valence-corrected chi connectivity index (χ0v) is 13.3. The molecule has 112 valence electrons. The Morgan fingerprint density at radius 3 is 2.41 bits per heavy atom. The van der Waals surface area contributed by atoms with E-state index in [1.165, 1.54) is 0 Å². The van der Waals surface area contributed by atoms with E-state index in [0.29, 0.717) is 21.5 Å². The zero-order chi connectivity index (χ0) is 15.7. The number of aromatic nitrogens is 1. The lowest BCUT2D eigenvalue weighted by atomic mass is 10.1. The predicted octanol–water partition coefficient (Wildman–Crippen LogP) is 5.59. The quantitative estimate of drug-likeness (QED) is 0.677. The van der Waals surface area contributed by atoms with E-state index < -0.39 is 0 Å². The molecule has 1 aromatic heterocycles. The highest BCUT2D eigenvalue weighted by molar-refractivity contribution is 6.35. The fraction of sp³-hybridized carbons (Fsp3) is 0.0588. The third kappa shape index (κ3) is 2.91. The SMILES string of the molecule is Cc1cc(O)c(Oc2ccc(Cl)cc2Cl)cc1-n1cccc1. The number of aromatic hydroxyl groups is 1. The number of hydrogen-bond donors (Lipinski definition) is 1. The number of ether oxygens (including phenoxy) is 1. The van der Waals surface area contributed by atoms with Crippen molar-refractivity contribution < 1.29 is 9.84 Å². The van der Waals surface area contributed by atoms with Crippen LogP contribution in [0.3, 0.4) is 0 Å². The lowest BCUT2D eigenvalue weighted by molar-refractivity contribution is 0.411. The molecule has 3 aromatic rings. The van der Waals surface area contributed by atoms with Gasteiger partial charge in [0.05, 0.1) is 10.7 Å². The molecule has 1 heterocycles. The minimum atomic E-state index is 0.0550. The van der Waals surface area contributed by atoms with Gasteiger partial charge in [-0.3, -0.25) is 0 Å². The van der Waals surface area contributed by atoms with Crippen molar-refractivity contribution in [3.63, 3.8) is 0 Å². The van der Waals surface area contributed by atoms with E-state index in [4.69, 9.17) is 27.9 Å². The normalized spacial score (nSPS) is 10.7. The van der Waals surface area contributed by atoms with Crippen molar-refractivity contribution in [1.82, 2.24) is 4.57 Å². The standard InChI is InChI=1S/C17H13Cl2NO2/c1-11-8-15(21)17(10-14(11)20-6-2-3-7-20)22-16-5-4-12(18)9-13(16)19/h2-10,21H,1H3. The van der Waals surface area contributed by atoms with E-state index in [1.54, 1.807) is 30.3 Å². The van der Waals surface area contributed by atoms with Crippen LogP contribution in [0, 0.1) is 6.92 Å². The highest BCUT2D eigenvalue weighted by Crippen LogP contribution is 2.38. The van der Waals surface area contributed by atoms with Crippen molar-refractivity contribution >= 4 is 23.2 Å². The van der Waals surface area contributed by atoms with Crippen LogP contribution in [0.5, 0.6) is 17.2 Å². The topological polar surface area (TPSA) is 34.4 Å². The average molecular weight is 334 g/mol. The largest absolute Gasteiger partial charge is 0.504 e. The summed E-state index contributed by atoms with van der Waals surface area (Å²) in [5.74, 6) is 0.821. The van der Waals surface area contributed by atoms with Crippen LogP contribution in [0.1, 0.15) is 5.56 Å². The van der Waals surface area contributed by atoms with E-state index in [-0.39, 0.29) is 5.75 Å². The summed E-state index contributed by atoms with van der Waals surface area (Å²) in [5, 5.41) is 11.0. The number of benzene rings is 2. The molecule has 3 nitrogen and oxygen atoms in total. The third-order valence-corrected chi connectivity index (χ3v) is 3.80. The first kappa shape index (κ1) is 14.8. The first-order valence-electron chi connectivity index (χ1n) is 6.64. The van der Waals surface area contributed by atoms with E-state index in [9.17, 15) is 5.11 Å². The van der Waals surface area contributed by atoms with Gasteiger partial charge in [0.2, 0.25) is 0 Å². The second kappa shape index (κ2) is 5.95. The van der Waals surface area contributed by atoms with Gasteiger partial charge in [0.25, 0.3) is 0 Å². The molecule has 0 aliphatic carbocycles. The van der Waals surface area contributed by atoms with Gasteiger partial charge in [-0.05, 0) is 48.9 Å². The van der Waals surface area contributed by atoms with Gasteiger partial charge in [0.1, 0.15) is 5.75 Å². The lowest BCUT2D eigenvalue weighted by Gasteiger charge is -2.14. The van der Waals surface area contributed by atoms with Crippen LogP contribution in [-0.4, -0.2) is 9.67 Å². The van der Waals surface area contributed by atoms with E-state index >= 15 is 0 Å². The van der Waals surface area contributed by atoms with Gasteiger partial charge in [0.15, 0.2) is 11.5 Å². The van der Waals surface area contributed by atoms with E-state index in [0.717, 1.165) is 11.3 Å². The minimum absolute atomic E-state index is 0.0550. The van der Waals surface area contributed by atoms with E-state index in [1.807, 2.05) is 36.0 Å². The van der Waals surface area contributed by atoms with Gasteiger partial charge in [-0.1, -0.05) is 23.2 Å². The summed E-state index contributed by atoms with van der Waals surface area (Å²) in [6.45, 7) is 1.92. The smallest absolute Gasteiger partial charge is 0.171 e. The predicted molar refractivity (Wildman–Crippen MR) is 88.7 cm³/mol. The van der Waals surface area contributed by atoms with E-state index in [2.05, 4.69) is 0 Å². The second-order valence-corrected chi connectivity index (χ2v) is 5.72. The molecule has 0 unspecified atom stereocenters. The fourth-order valence-electron chi connectivity index (χ4n) is 2.19. The van der Waals surface area contributed by atoms with Crippen LogP contribution in [0.2, 0.25) is 10.0 Å². The van der Waals surface area contributed by atoms with Crippen LogP contribution in [0.25, 0.3) is 5.69 Å². The summed E-state index contributed by atoms with van der Waals surface area (Å²) in [7, 11) is 0. The molecule has 5 heteroatoms. The Morgan fingerprint density at radius 2 is 1.73 bits per heavy atom. The number of hydrogen-bond acceptors (Lipinski definition) is 2. The van der Waals surface area contributed by atoms with Crippen molar-refractivity contribution in [3.05, 3.63) is 70.5 Å². The molecule has 0 aliphatic heterocycles. The number of phenolic OH excluding ortho intramolecular Hbond substituents is 1. The number of nitrogens with zero attached hydrogens (tertiary/aromatic N) is 1. The Labute approximate surface area is 138 Å². The molecule has 0 bridgehead atoms. The van der Waals surface area contributed by atoms with Gasteiger partial charge >= 0.3 is 0 Å². The maximum absolute atomic E-state index is 10.1. The second-order valence-electron chi connectivity index (χ2n) is 4.87. The van der Waals surface area contributed by atoms with Crippen molar-refractivity contribution in [1.29, 1.82) is 0 Å². The minimum Gasteiger partial charge on any atom is -0.504 e. The van der Waals surface area contributed by atoms with Crippen molar-refractivity contribution in [2.45, 2.75) is 6.92 Å². The number of phenols is 1. The molecule has 0 amide bonds. The summed E-state index contributed by atoms with van der Waals surface area (Å²) < 4.78 is 7.68. The van der Waals surface area contributed by atoms with Gasteiger partial charge < -0.3 is 14.4 Å². The van der Waals surface area contributed by atoms with Crippen molar-refractivity contribution in [3.8, 4) is 22.9 Å². The first-order chi connectivity index (χ1) is 10.5. The van der Waals surface area contributed by atoms with Gasteiger partial charge in [0, 0.05) is 23.5 Å². The summed E-state index contributed by atoms with van der Waals surface area (Å²) in [5.41, 5.74) is 1.85. The van der Waals surface area contributed by atoms with Crippen molar-refractivity contribution in [2.24, 2.45) is 0 Å². The van der Waals surface area contributed by atoms with Crippen LogP contribution in [-0.2, 0) is 0 Å². The molecule has 1 N–H and O–H groups in total. The highest BCUT2D eigenvalue weighted by Gasteiger charge is 2.12. The average Bonchev–Trinajstić information content (AvgIpc) is 2.98. The molecular weight excluding hydrogens is 321 g/mol. The Kier molecular flexibility index (Phi) is 4.01. The maximum atomic E-state index is 10.1. The molecule has 0 spiro atoms. The van der Waals surface area contributed by atoms with Crippen molar-refractivity contribution in [2.75, 3.05) is 0 Å². The molecule has 3 rings (SSSR count). The number of rotatable bonds is 3. The summed E-state index contributed by atoms with van der Waals surface area (Å²) >= 11 is 12.0. The Balaban J connectivity index is 2.02. The highest BCUT2D eigenvalue weighted by atomic mass is 35.5. The molecule has 0 saturated heterocycles. The lowest BCUT2D eigenvalue weighted by Crippen LogP contribution is -1.95. The number of halogens is 2. The molecule has 0 saturated carbocycles. The molecule has 0 aliphatic rings. The number of aryl methyl sites for hydroxylation is 1. The molecule has 0 atom stereocenters. The molecular formula is C17H13Cl2NO2. The van der Waals surface area contributed by atoms with Crippen LogP contribution in [0.15, 0.2) is 54.9 Å². The van der Waals surface area contributed by atoms with Gasteiger partial charge in [-0.25, -0.2) is 0 Å². The maximum Gasteiger partial charge on any atom is 0.171 e. The summed E-state index contributed by atoms with van der Waals surface area (Å²) in [6.07, 6.45) is 3.86. The Morgan fingerprint density at radius 1 is 1.00 bits per heavy atom. The fourth-order valence-corrected chi connectivity index (χ4v) is 2.64. The Bertz CT molecular complexity index is 814. The van der Waals surface area contributed by atoms with Gasteiger partial charge in [-0.2, -0.15) is 0 Å². The van der Waals surface area contributed by atoms with Gasteiger partial charge in [-0.15, -0.1) is 0 Å². The molecule has 2 aromatic carbocycles. The molecule has 22 heavy (non-hydrogen) atoms. The Hall–Kier alpha value is -2.10.